The summed E-state index contributed by atoms with van der Waals surface area (Å²) in [6.45, 7) is 2.67. The maximum atomic E-state index is 10.1. The van der Waals surface area contributed by atoms with Crippen molar-refractivity contribution in [3.05, 3.63) is 12.2 Å². The first-order valence-electron chi connectivity index (χ1n) is 13.1. The molecule has 5 nitrogen and oxygen atoms in total. The zero-order chi connectivity index (χ0) is 22.6. The monoisotopic (exact) mass is 442 g/mol. The third kappa shape index (κ3) is 14.3. The molecule has 0 bridgehead atoms. The smallest absolute Gasteiger partial charge is 0.114 e. The summed E-state index contributed by atoms with van der Waals surface area (Å²) in [7, 11) is 0. The zero-order valence-corrected chi connectivity index (χ0v) is 20.1. The summed E-state index contributed by atoms with van der Waals surface area (Å²) in [5, 5.41) is 28.6. The number of ether oxygens (including phenoxy) is 2. The molecule has 1 rings (SSSR count). The fourth-order valence-corrected chi connectivity index (χ4v) is 4.21. The van der Waals surface area contributed by atoms with Crippen LogP contribution in [0, 0.1) is 0 Å². The number of unbranched alkanes of at least 4 members (excludes halogenated alkanes) is 14. The number of hydrogen-bond donors (Lipinski definition) is 3. The van der Waals surface area contributed by atoms with E-state index in [0.717, 1.165) is 19.3 Å². The molecule has 0 aromatic heterocycles. The van der Waals surface area contributed by atoms with Crippen molar-refractivity contribution in [3.63, 3.8) is 0 Å². The van der Waals surface area contributed by atoms with E-state index < -0.39 is 31.0 Å². The second kappa shape index (κ2) is 20.2. The number of rotatable bonds is 21. The molecule has 0 amide bonds. The van der Waals surface area contributed by atoms with Gasteiger partial charge in [0.15, 0.2) is 0 Å². The van der Waals surface area contributed by atoms with Gasteiger partial charge in [-0.05, 0) is 25.7 Å². The Kier molecular flexibility index (Phi) is 18.6. The SMILES string of the molecule is CC/C=C/CCCCCCCCCCCCCCCCO[C@H]1CO[C@H]([C@H](O)CO)[C@@H]1O. The predicted molar refractivity (Wildman–Crippen MR) is 127 cm³/mol. The lowest BCUT2D eigenvalue weighted by atomic mass is 10.0. The molecule has 184 valence electrons. The van der Waals surface area contributed by atoms with Gasteiger partial charge >= 0.3 is 0 Å². The molecule has 5 heteroatoms. The highest BCUT2D eigenvalue weighted by Crippen LogP contribution is 2.21. The van der Waals surface area contributed by atoms with E-state index in [4.69, 9.17) is 14.6 Å². The molecule has 31 heavy (non-hydrogen) atoms. The third-order valence-electron chi connectivity index (χ3n) is 6.24. The van der Waals surface area contributed by atoms with E-state index in [-0.39, 0.29) is 6.61 Å². The molecule has 0 aromatic carbocycles. The standard InChI is InChI=1S/C26H50O5/c1-2-3-4-5-6-7-8-9-10-11-12-13-14-15-16-17-18-19-20-30-24-22-31-26(25(24)29)23(28)21-27/h3-4,23-29H,2,5-22H2,1H3/b4-3+/t23-,24+,25-,26-/m1/s1. The molecule has 1 aliphatic rings. The zero-order valence-electron chi connectivity index (χ0n) is 20.1. The Balaban J connectivity index is 1.77. The maximum Gasteiger partial charge on any atom is 0.114 e. The minimum absolute atomic E-state index is 0.277. The predicted octanol–water partition coefficient (Wildman–Crippen LogP) is 5.30. The maximum absolute atomic E-state index is 10.1. The van der Waals surface area contributed by atoms with Crippen LogP contribution in [0.4, 0.5) is 0 Å². The number of hydrogen-bond acceptors (Lipinski definition) is 5. The average molecular weight is 443 g/mol. The highest BCUT2D eigenvalue weighted by atomic mass is 16.6. The van der Waals surface area contributed by atoms with Gasteiger partial charge in [0.2, 0.25) is 0 Å². The lowest BCUT2D eigenvalue weighted by Gasteiger charge is -2.20. The molecule has 0 saturated carbocycles. The van der Waals surface area contributed by atoms with E-state index in [1.807, 2.05) is 0 Å². The Bertz CT molecular complexity index is 415. The average Bonchev–Trinajstić information content (AvgIpc) is 3.15. The summed E-state index contributed by atoms with van der Waals surface area (Å²) in [5.74, 6) is 0. The number of aliphatic hydroxyl groups is 3. The fourth-order valence-electron chi connectivity index (χ4n) is 4.21. The van der Waals surface area contributed by atoms with Crippen LogP contribution in [-0.4, -0.2) is 59.6 Å². The van der Waals surface area contributed by atoms with Crippen molar-refractivity contribution in [1.29, 1.82) is 0 Å². The van der Waals surface area contributed by atoms with Crippen LogP contribution >= 0.6 is 0 Å². The van der Waals surface area contributed by atoms with E-state index in [1.54, 1.807) is 0 Å². The van der Waals surface area contributed by atoms with Crippen LogP contribution in [0.3, 0.4) is 0 Å². The second-order valence-electron chi connectivity index (χ2n) is 9.07. The Morgan fingerprint density at radius 1 is 0.839 bits per heavy atom. The highest BCUT2D eigenvalue weighted by Gasteiger charge is 2.40. The lowest BCUT2D eigenvalue weighted by Crippen LogP contribution is -2.41. The van der Waals surface area contributed by atoms with Crippen molar-refractivity contribution in [2.24, 2.45) is 0 Å². The van der Waals surface area contributed by atoms with Crippen LogP contribution in [0.5, 0.6) is 0 Å². The van der Waals surface area contributed by atoms with Gasteiger partial charge in [-0.15, -0.1) is 0 Å². The van der Waals surface area contributed by atoms with Crippen molar-refractivity contribution < 1.29 is 24.8 Å². The first kappa shape index (κ1) is 28.6. The van der Waals surface area contributed by atoms with Crippen LogP contribution < -0.4 is 0 Å². The van der Waals surface area contributed by atoms with Gasteiger partial charge < -0.3 is 24.8 Å². The van der Waals surface area contributed by atoms with Gasteiger partial charge in [0, 0.05) is 6.61 Å². The van der Waals surface area contributed by atoms with Crippen LogP contribution in [0.15, 0.2) is 12.2 Å². The largest absolute Gasteiger partial charge is 0.394 e. The molecule has 3 N–H and O–H groups in total. The van der Waals surface area contributed by atoms with Crippen LogP contribution in [0.2, 0.25) is 0 Å². The number of allylic oxidation sites excluding steroid dienone is 2. The Morgan fingerprint density at radius 2 is 1.35 bits per heavy atom. The fraction of sp³-hybridized carbons (Fsp3) is 0.923. The van der Waals surface area contributed by atoms with Crippen LogP contribution in [-0.2, 0) is 9.47 Å². The molecular weight excluding hydrogens is 392 g/mol. The molecular formula is C26H50O5. The normalized spacial score (nSPS) is 22.5. The first-order chi connectivity index (χ1) is 15.2. The van der Waals surface area contributed by atoms with Gasteiger partial charge in [0.25, 0.3) is 0 Å². The topological polar surface area (TPSA) is 79.2 Å². The van der Waals surface area contributed by atoms with Gasteiger partial charge in [0.05, 0.1) is 13.2 Å². The van der Waals surface area contributed by atoms with E-state index in [2.05, 4.69) is 19.1 Å². The molecule has 0 unspecified atom stereocenters. The minimum atomic E-state index is -1.05. The quantitative estimate of drug-likeness (QED) is 0.166. The minimum Gasteiger partial charge on any atom is -0.394 e. The number of aliphatic hydroxyl groups excluding tert-OH is 3. The lowest BCUT2D eigenvalue weighted by molar-refractivity contribution is -0.0730. The molecule has 1 aliphatic heterocycles. The van der Waals surface area contributed by atoms with E-state index >= 15 is 0 Å². The van der Waals surface area contributed by atoms with Crippen molar-refractivity contribution in [1.82, 2.24) is 0 Å². The third-order valence-corrected chi connectivity index (χ3v) is 6.24. The summed E-state index contributed by atoms with van der Waals surface area (Å²) in [6, 6.07) is 0. The van der Waals surface area contributed by atoms with Gasteiger partial charge in [-0.3, -0.25) is 0 Å². The molecule has 0 aromatic rings. The molecule has 1 heterocycles. The summed E-state index contributed by atoms with van der Waals surface area (Å²) in [5.41, 5.74) is 0. The Labute approximate surface area is 191 Å². The molecule has 0 aliphatic carbocycles. The molecule has 0 radical (unpaired) electrons. The van der Waals surface area contributed by atoms with E-state index in [1.165, 1.54) is 83.5 Å². The van der Waals surface area contributed by atoms with E-state index in [0.29, 0.717) is 6.61 Å². The van der Waals surface area contributed by atoms with Crippen molar-refractivity contribution in [2.75, 3.05) is 19.8 Å². The molecule has 1 fully saturated rings. The van der Waals surface area contributed by atoms with Gasteiger partial charge in [0.1, 0.15) is 24.4 Å². The summed E-state index contributed by atoms with van der Waals surface area (Å²) in [4.78, 5) is 0. The summed E-state index contributed by atoms with van der Waals surface area (Å²) in [6.07, 6.45) is 22.5. The molecule has 4 atom stereocenters. The van der Waals surface area contributed by atoms with Crippen molar-refractivity contribution >= 4 is 0 Å². The van der Waals surface area contributed by atoms with Gasteiger partial charge in [-0.2, -0.15) is 0 Å². The van der Waals surface area contributed by atoms with Crippen LogP contribution in [0.1, 0.15) is 110 Å². The second-order valence-corrected chi connectivity index (χ2v) is 9.07. The van der Waals surface area contributed by atoms with Gasteiger partial charge in [-0.25, -0.2) is 0 Å². The summed E-state index contributed by atoms with van der Waals surface area (Å²) < 4.78 is 11.0. The van der Waals surface area contributed by atoms with E-state index in [9.17, 15) is 10.2 Å². The van der Waals surface area contributed by atoms with Crippen molar-refractivity contribution in [3.8, 4) is 0 Å². The summed E-state index contributed by atoms with van der Waals surface area (Å²) >= 11 is 0. The Morgan fingerprint density at radius 3 is 1.87 bits per heavy atom. The Hall–Kier alpha value is -0.460. The van der Waals surface area contributed by atoms with Crippen LogP contribution in [0.25, 0.3) is 0 Å². The first-order valence-corrected chi connectivity index (χ1v) is 13.1. The van der Waals surface area contributed by atoms with Gasteiger partial charge in [-0.1, -0.05) is 96.1 Å². The van der Waals surface area contributed by atoms with Crippen molar-refractivity contribution in [2.45, 2.75) is 134 Å². The highest BCUT2D eigenvalue weighted by molar-refractivity contribution is 4.88. The molecule has 1 saturated heterocycles. The molecule has 0 spiro atoms.